The van der Waals surface area contributed by atoms with Gasteiger partial charge in [-0.15, -0.1) is 0 Å². The number of nitrogens with zero attached hydrogens (tertiary/aromatic N) is 4. The molecule has 7 nitrogen and oxygen atoms in total. The Balaban J connectivity index is 2.25. The number of benzene rings is 1. The standard InChI is InChI=1S/C20H25ClN4O3/c1-13(2)11-16-22-18-17(25(16)12-14-5-7-15(21)8-6-14)19(27)24(9-4-10-26)20(28)23(18)3/h5-8,13,26H,4,9-12H2,1-3H3. The SMILES string of the molecule is CC(C)Cc1nc2c(c(=O)n(CCCO)c(=O)n2C)n1Cc1ccc(Cl)cc1. The summed E-state index contributed by atoms with van der Waals surface area (Å²) in [6, 6.07) is 7.46. The molecule has 1 aromatic carbocycles. The van der Waals surface area contributed by atoms with Gasteiger partial charge in [-0.2, -0.15) is 0 Å². The monoisotopic (exact) mass is 404 g/mol. The minimum Gasteiger partial charge on any atom is -0.396 e. The predicted octanol–water partition coefficient (Wildman–Crippen LogP) is 2.18. The zero-order valence-corrected chi connectivity index (χ0v) is 17.1. The van der Waals surface area contributed by atoms with E-state index in [2.05, 4.69) is 18.8 Å². The molecule has 0 aliphatic carbocycles. The Hall–Kier alpha value is -2.38. The predicted molar refractivity (Wildman–Crippen MR) is 110 cm³/mol. The fourth-order valence-corrected chi connectivity index (χ4v) is 3.43. The first-order valence-electron chi connectivity index (χ1n) is 9.37. The normalized spacial score (nSPS) is 11.6. The lowest BCUT2D eigenvalue weighted by Crippen LogP contribution is -2.40. The average molecular weight is 405 g/mol. The first kappa shape index (κ1) is 20.4. The van der Waals surface area contributed by atoms with Crippen molar-refractivity contribution in [1.29, 1.82) is 0 Å². The summed E-state index contributed by atoms with van der Waals surface area (Å²) in [4.78, 5) is 30.4. The Morgan fingerprint density at radius 3 is 2.43 bits per heavy atom. The number of imidazole rings is 1. The van der Waals surface area contributed by atoms with Crippen LogP contribution in [-0.4, -0.2) is 30.4 Å². The van der Waals surface area contributed by atoms with Crippen molar-refractivity contribution < 1.29 is 5.11 Å². The fraction of sp³-hybridized carbons (Fsp3) is 0.450. The second-order valence-electron chi connectivity index (χ2n) is 7.39. The molecule has 0 aliphatic rings. The van der Waals surface area contributed by atoms with E-state index in [9.17, 15) is 9.59 Å². The van der Waals surface area contributed by atoms with Crippen LogP contribution in [0.2, 0.25) is 5.02 Å². The van der Waals surface area contributed by atoms with E-state index in [0.29, 0.717) is 41.5 Å². The summed E-state index contributed by atoms with van der Waals surface area (Å²) in [5.74, 6) is 1.11. The van der Waals surface area contributed by atoms with Crippen molar-refractivity contribution >= 4 is 22.8 Å². The molecule has 2 heterocycles. The number of rotatable bonds is 7. The van der Waals surface area contributed by atoms with Gasteiger partial charge in [0.1, 0.15) is 5.82 Å². The Morgan fingerprint density at radius 1 is 1.14 bits per heavy atom. The van der Waals surface area contributed by atoms with E-state index in [1.54, 1.807) is 7.05 Å². The van der Waals surface area contributed by atoms with E-state index < -0.39 is 5.69 Å². The van der Waals surface area contributed by atoms with Crippen LogP contribution in [0.5, 0.6) is 0 Å². The van der Waals surface area contributed by atoms with E-state index in [0.717, 1.165) is 11.4 Å². The molecule has 0 bridgehead atoms. The minimum atomic E-state index is -0.418. The Labute approximate surface area is 167 Å². The maximum Gasteiger partial charge on any atom is 0.332 e. The second kappa shape index (κ2) is 8.32. The molecule has 150 valence electrons. The molecular formula is C20H25ClN4O3. The van der Waals surface area contributed by atoms with Gasteiger partial charge in [-0.3, -0.25) is 13.9 Å². The van der Waals surface area contributed by atoms with Crippen LogP contribution < -0.4 is 11.2 Å². The van der Waals surface area contributed by atoms with Gasteiger partial charge in [0.05, 0.1) is 0 Å². The van der Waals surface area contributed by atoms with Crippen molar-refractivity contribution in [2.75, 3.05) is 6.61 Å². The highest BCUT2D eigenvalue weighted by molar-refractivity contribution is 6.30. The first-order valence-corrected chi connectivity index (χ1v) is 9.75. The van der Waals surface area contributed by atoms with Crippen LogP contribution in [0.15, 0.2) is 33.9 Å². The van der Waals surface area contributed by atoms with E-state index in [-0.39, 0.29) is 18.7 Å². The van der Waals surface area contributed by atoms with Crippen LogP contribution in [0, 0.1) is 5.92 Å². The Bertz CT molecular complexity index is 1090. The zero-order valence-electron chi connectivity index (χ0n) is 16.4. The average Bonchev–Trinajstić information content (AvgIpc) is 2.99. The van der Waals surface area contributed by atoms with Gasteiger partial charge in [-0.05, 0) is 30.0 Å². The molecule has 1 N–H and O–H groups in total. The molecule has 0 saturated carbocycles. The van der Waals surface area contributed by atoms with Crippen LogP contribution in [0.4, 0.5) is 0 Å². The maximum atomic E-state index is 13.2. The molecular weight excluding hydrogens is 380 g/mol. The van der Waals surface area contributed by atoms with Crippen molar-refractivity contribution in [3.05, 3.63) is 61.5 Å². The molecule has 3 aromatic rings. The lowest BCUT2D eigenvalue weighted by atomic mass is 10.1. The number of aliphatic hydroxyl groups excluding tert-OH is 1. The number of aromatic nitrogens is 4. The van der Waals surface area contributed by atoms with Gasteiger partial charge in [0.25, 0.3) is 5.56 Å². The van der Waals surface area contributed by atoms with Gasteiger partial charge in [0, 0.05) is 38.2 Å². The molecule has 0 radical (unpaired) electrons. The van der Waals surface area contributed by atoms with Crippen molar-refractivity contribution in [2.45, 2.75) is 39.8 Å². The van der Waals surface area contributed by atoms with E-state index in [4.69, 9.17) is 16.7 Å². The molecule has 0 aliphatic heterocycles. The second-order valence-corrected chi connectivity index (χ2v) is 7.82. The molecule has 0 fully saturated rings. The lowest BCUT2D eigenvalue weighted by Gasteiger charge is -2.12. The highest BCUT2D eigenvalue weighted by Gasteiger charge is 2.20. The molecule has 0 unspecified atom stereocenters. The fourth-order valence-electron chi connectivity index (χ4n) is 3.31. The van der Waals surface area contributed by atoms with Crippen LogP contribution in [-0.2, 0) is 26.6 Å². The molecule has 0 saturated heterocycles. The number of fused-ring (bicyclic) bond motifs is 1. The summed E-state index contributed by atoms with van der Waals surface area (Å²) in [7, 11) is 1.62. The first-order chi connectivity index (χ1) is 13.3. The van der Waals surface area contributed by atoms with Crippen LogP contribution >= 0.6 is 11.6 Å². The van der Waals surface area contributed by atoms with Gasteiger partial charge in [-0.1, -0.05) is 37.6 Å². The third-order valence-electron chi connectivity index (χ3n) is 4.70. The topological polar surface area (TPSA) is 82.1 Å². The van der Waals surface area contributed by atoms with Crippen molar-refractivity contribution in [3.63, 3.8) is 0 Å². The summed E-state index contributed by atoms with van der Waals surface area (Å²) < 4.78 is 4.49. The summed E-state index contributed by atoms with van der Waals surface area (Å²) in [5.41, 5.74) is 0.996. The van der Waals surface area contributed by atoms with Crippen LogP contribution in [0.25, 0.3) is 11.2 Å². The highest BCUT2D eigenvalue weighted by atomic mass is 35.5. The Morgan fingerprint density at radius 2 is 1.82 bits per heavy atom. The highest BCUT2D eigenvalue weighted by Crippen LogP contribution is 2.18. The molecule has 28 heavy (non-hydrogen) atoms. The summed E-state index contributed by atoms with van der Waals surface area (Å²) in [6.45, 7) is 4.72. The molecule has 8 heteroatoms. The summed E-state index contributed by atoms with van der Waals surface area (Å²) in [5, 5.41) is 9.76. The largest absolute Gasteiger partial charge is 0.396 e. The van der Waals surface area contributed by atoms with Crippen molar-refractivity contribution in [1.82, 2.24) is 18.7 Å². The van der Waals surface area contributed by atoms with Gasteiger partial charge < -0.3 is 9.67 Å². The summed E-state index contributed by atoms with van der Waals surface area (Å²) >= 11 is 5.99. The van der Waals surface area contributed by atoms with E-state index in [1.165, 1.54) is 9.13 Å². The van der Waals surface area contributed by atoms with E-state index >= 15 is 0 Å². The lowest BCUT2D eigenvalue weighted by molar-refractivity contribution is 0.277. The molecule has 2 aromatic heterocycles. The molecule has 0 atom stereocenters. The number of aliphatic hydroxyl groups is 1. The molecule has 0 amide bonds. The molecule has 0 spiro atoms. The smallest absolute Gasteiger partial charge is 0.332 e. The van der Waals surface area contributed by atoms with Gasteiger partial charge in [-0.25, -0.2) is 9.78 Å². The third kappa shape index (κ3) is 3.91. The Kier molecular flexibility index (Phi) is 6.05. The number of halogens is 1. The van der Waals surface area contributed by atoms with Gasteiger partial charge in [0.15, 0.2) is 11.2 Å². The van der Waals surface area contributed by atoms with Crippen molar-refractivity contribution in [3.8, 4) is 0 Å². The van der Waals surface area contributed by atoms with Crippen molar-refractivity contribution in [2.24, 2.45) is 13.0 Å². The molecule has 3 rings (SSSR count). The third-order valence-corrected chi connectivity index (χ3v) is 4.95. The van der Waals surface area contributed by atoms with Gasteiger partial charge >= 0.3 is 5.69 Å². The van der Waals surface area contributed by atoms with Gasteiger partial charge in [0.2, 0.25) is 0 Å². The van der Waals surface area contributed by atoms with Crippen LogP contribution in [0.1, 0.15) is 31.7 Å². The van der Waals surface area contributed by atoms with Crippen LogP contribution in [0.3, 0.4) is 0 Å². The zero-order chi connectivity index (χ0) is 20.4. The summed E-state index contributed by atoms with van der Waals surface area (Å²) in [6.07, 6.45) is 1.03. The minimum absolute atomic E-state index is 0.0870. The maximum absolute atomic E-state index is 13.2. The number of hydrogen-bond acceptors (Lipinski definition) is 4. The van der Waals surface area contributed by atoms with E-state index in [1.807, 2.05) is 28.8 Å². The number of aryl methyl sites for hydroxylation is 1. The quantitative estimate of drug-likeness (QED) is 0.654. The number of hydrogen-bond donors (Lipinski definition) is 1.